The van der Waals surface area contributed by atoms with Gasteiger partial charge in [-0.2, -0.15) is 0 Å². The van der Waals surface area contributed by atoms with Gasteiger partial charge in [-0.05, 0) is 12.1 Å². The van der Waals surface area contributed by atoms with Crippen LogP contribution >= 0.6 is 0 Å². The van der Waals surface area contributed by atoms with Gasteiger partial charge in [-0.1, -0.05) is 0 Å². The molecule has 3 N–H and O–H groups in total. The Morgan fingerprint density at radius 1 is 1.38 bits per heavy atom. The topological polar surface area (TPSA) is 81.4 Å². The molecule has 5 nitrogen and oxygen atoms in total. The highest BCUT2D eigenvalue weighted by Gasteiger charge is 2.42. The molecule has 2 heterocycles. The molecule has 2 aliphatic rings. The minimum Gasteiger partial charge on any atom is -0.485 e. The van der Waals surface area contributed by atoms with Gasteiger partial charge in [0.2, 0.25) is 0 Å². The van der Waals surface area contributed by atoms with Gasteiger partial charge < -0.3 is 15.8 Å². The molecule has 2 atom stereocenters. The van der Waals surface area contributed by atoms with Gasteiger partial charge in [0.05, 0.1) is 23.2 Å². The molecule has 6 heteroatoms. The first-order valence-corrected chi connectivity index (χ1v) is 6.89. The minimum absolute atomic E-state index is 0.0822. The van der Waals surface area contributed by atoms with Gasteiger partial charge in [-0.15, -0.1) is 0 Å². The summed E-state index contributed by atoms with van der Waals surface area (Å²) in [5.74, 6) is 0.860. The van der Waals surface area contributed by atoms with E-state index in [1.807, 2.05) is 6.07 Å². The summed E-state index contributed by atoms with van der Waals surface area (Å²) in [4.78, 5) is 0. The SMILES string of the molecule is Nc1ccc2c(c1)OC1CS(=O)(=O)CC1N2. The third-order valence-corrected chi connectivity index (χ3v) is 4.63. The minimum atomic E-state index is -2.98. The Kier molecular flexibility index (Phi) is 1.85. The summed E-state index contributed by atoms with van der Waals surface area (Å²) in [5, 5.41) is 3.18. The Labute approximate surface area is 93.5 Å². The third kappa shape index (κ3) is 1.49. The predicted octanol–water partition coefficient (Wildman–Crippen LogP) is 0.239. The van der Waals surface area contributed by atoms with Gasteiger partial charge in [-0.3, -0.25) is 0 Å². The predicted molar refractivity (Wildman–Crippen MR) is 61.3 cm³/mol. The molecule has 0 bridgehead atoms. The average Bonchev–Trinajstić information content (AvgIpc) is 2.47. The lowest BCUT2D eigenvalue weighted by Gasteiger charge is -2.29. The molecule has 0 saturated carbocycles. The van der Waals surface area contributed by atoms with Crippen molar-refractivity contribution < 1.29 is 13.2 Å². The van der Waals surface area contributed by atoms with E-state index in [1.54, 1.807) is 12.1 Å². The monoisotopic (exact) mass is 240 g/mol. The maximum Gasteiger partial charge on any atom is 0.156 e. The first-order valence-electron chi connectivity index (χ1n) is 5.07. The number of hydrogen-bond donors (Lipinski definition) is 2. The Hall–Kier alpha value is -1.43. The number of benzene rings is 1. The Morgan fingerprint density at radius 3 is 3.00 bits per heavy atom. The molecule has 1 saturated heterocycles. The fraction of sp³-hybridized carbons (Fsp3) is 0.400. The highest BCUT2D eigenvalue weighted by Crippen LogP contribution is 2.35. The van der Waals surface area contributed by atoms with Gasteiger partial charge in [-0.25, -0.2) is 8.42 Å². The zero-order valence-electron chi connectivity index (χ0n) is 8.51. The quantitative estimate of drug-likeness (QED) is 0.635. The number of anilines is 2. The average molecular weight is 240 g/mol. The number of hydrogen-bond acceptors (Lipinski definition) is 5. The molecule has 1 aromatic rings. The van der Waals surface area contributed by atoms with Crippen LogP contribution in [-0.2, 0) is 9.84 Å². The summed E-state index contributed by atoms with van der Waals surface area (Å²) in [6.07, 6.45) is -0.292. The molecule has 0 aromatic heterocycles. The number of sulfone groups is 1. The second kappa shape index (κ2) is 3.04. The summed E-state index contributed by atoms with van der Waals surface area (Å²) >= 11 is 0. The summed E-state index contributed by atoms with van der Waals surface area (Å²) < 4.78 is 28.6. The summed E-state index contributed by atoms with van der Waals surface area (Å²) in [5.41, 5.74) is 7.07. The van der Waals surface area contributed by atoms with E-state index in [4.69, 9.17) is 10.5 Å². The summed E-state index contributed by atoms with van der Waals surface area (Å²) in [6.45, 7) is 0. The van der Waals surface area contributed by atoms with Crippen LogP contribution in [0.25, 0.3) is 0 Å². The van der Waals surface area contributed by atoms with Crippen LogP contribution in [0.1, 0.15) is 0 Å². The fourth-order valence-electron chi connectivity index (χ4n) is 2.18. The number of nitrogens with two attached hydrogens (primary N) is 1. The van der Waals surface area contributed by atoms with Gasteiger partial charge >= 0.3 is 0 Å². The molecule has 0 aliphatic carbocycles. The van der Waals surface area contributed by atoms with Crippen LogP contribution < -0.4 is 15.8 Å². The highest BCUT2D eigenvalue weighted by atomic mass is 32.2. The first kappa shape index (κ1) is 9.77. The van der Waals surface area contributed by atoms with Crippen molar-refractivity contribution in [2.24, 2.45) is 0 Å². The second-order valence-corrected chi connectivity index (χ2v) is 6.39. The van der Waals surface area contributed by atoms with Gasteiger partial charge in [0, 0.05) is 11.8 Å². The van der Waals surface area contributed by atoms with Crippen LogP contribution in [0.5, 0.6) is 5.75 Å². The van der Waals surface area contributed by atoms with E-state index in [9.17, 15) is 8.42 Å². The van der Waals surface area contributed by atoms with Crippen LogP contribution in [0.3, 0.4) is 0 Å². The molecule has 1 fully saturated rings. The van der Waals surface area contributed by atoms with E-state index in [-0.39, 0.29) is 23.7 Å². The van der Waals surface area contributed by atoms with E-state index < -0.39 is 9.84 Å². The van der Waals surface area contributed by atoms with Crippen LogP contribution in [0.4, 0.5) is 11.4 Å². The van der Waals surface area contributed by atoms with E-state index in [2.05, 4.69) is 5.32 Å². The molecule has 3 rings (SSSR count). The van der Waals surface area contributed by atoms with Crippen molar-refractivity contribution in [2.45, 2.75) is 12.1 Å². The van der Waals surface area contributed by atoms with Crippen molar-refractivity contribution in [3.63, 3.8) is 0 Å². The number of nitrogen functional groups attached to an aromatic ring is 1. The number of rotatable bonds is 0. The van der Waals surface area contributed by atoms with Crippen molar-refractivity contribution in [3.05, 3.63) is 18.2 Å². The highest BCUT2D eigenvalue weighted by molar-refractivity contribution is 7.91. The lowest BCUT2D eigenvalue weighted by Crippen LogP contribution is -2.40. The van der Waals surface area contributed by atoms with Crippen LogP contribution in [0.2, 0.25) is 0 Å². The molecule has 2 aliphatic heterocycles. The number of nitrogens with one attached hydrogen (secondary N) is 1. The van der Waals surface area contributed by atoms with Crippen molar-refractivity contribution in [1.29, 1.82) is 0 Å². The molecule has 0 radical (unpaired) electrons. The lowest BCUT2D eigenvalue weighted by molar-refractivity contribution is 0.206. The standard InChI is InChI=1S/C10H12N2O3S/c11-6-1-2-7-9(3-6)15-10-5-16(13,14)4-8(10)12-7/h1-3,8,10,12H,4-5,11H2. The smallest absolute Gasteiger partial charge is 0.156 e. The Morgan fingerprint density at radius 2 is 2.19 bits per heavy atom. The molecule has 16 heavy (non-hydrogen) atoms. The fourth-order valence-corrected chi connectivity index (χ4v) is 3.97. The zero-order chi connectivity index (χ0) is 11.3. The van der Waals surface area contributed by atoms with Crippen molar-refractivity contribution in [2.75, 3.05) is 22.6 Å². The molecule has 1 aromatic carbocycles. The Balaban J connectivity index is 1.97. The molecular formula is C10H12N2O3S. The molecular weight excluding hydrogens is 228 g/mol. The van der Waals surface area contributed by atoms with Crippen molar-refractivity contribution in [1.82, 2.24) is 0 Å². The van der Waals surface area contributed by atoms with Crippen molar-refractivity contribution in [3.8, 4) is 5.75 Å². The summed E-state index contributed by atoms with van der Waals surface area (Å²) in [7, 11) is -2.98. The zero-order valence-corrected chi connectivity index (χ0v) is 9.33. The van der Waals surface area contributed by atoms with Gasteiger partial charge in [0.25, 0.3) is 0 Å². The summed E-state index contributed by atoms with van der Waals surface area (Å²) in [6, 6.07) is 5.15. The Bertz CT molecular complexity index is 541. The maximum atomic E-state index is 11.5. The third-order valence-electron chi connectivity index (χ3n) is 2.93. The number of fused-ring (bicyclic) bond motifs is 2. The second-order valence-electron chi connectivity index (χ2n) is 4.24. The van der Waals surface area contributed by atoms with E-state index in [1.165, 1.54) is 0 Å². The van der Waals surface area contributed by atoms with E-state index in [0.29, 0.717) is 11.4 Å². The lowest BCUT2D eigenvalue weighted by atomic mass is 10.1. The number of ether oxygens (including phenoxy) is 1. The van der Waals surface area contributed by atoms with Crippen LogP contribution in [0.15, 0.2) is 18.2 Å². The van der Waals surface area contributed by atoms with E-state index in [0.717, 1.165) is 5.69 Å². The van der Waals surface area contributed by atoms with Crippen LogP contribution in [-0.4, -0.2) is 32.1 Å². The van der Waals surface area contributed by atoms with E-state index >= 15 is 0 Å². The largest absolute Gasteiger partial charge is 0.485 e. The molecule has 0 amide bonds. The van der Waals surface area contributed by atoms with Crippen molar-refractivity contribution >= 4 is 21.2 Å². The normalized spacial score (nSPS) is 29.8. The molecule has 0 spiro atoms. The van der Waals surface area contributed by atoms with Crippen LogP contribution in [0, 0.1) is 0 Å². The van der Waals surface area contributed by atoms with Gasteiger partial charge in [0.1, 0.15) is 11.9 Å². The van der Waals surface area contributed by atoms with Gasteiger partial charge in [0.15, 0.2) is 9.84 Å². The molecule has 2 unspecified atom stereocenters. The molecule has 86 valence electrons. The first-order chi connectivity index (χ1) is 7.53. The maximum absolute atomic E-state index is 11.5.